The Morgan fingerprint density at radius 3 is 1.00 bits per heavy atom. The molecule has 0 radical (unpaired) electrons. The molecular weight excluding hydrogens is 208 g/mol. The quantitative estimate of drug-likeness (QED) is 0.587. The summed E-state index contributed by atoms with van der Waals surface area (Å²) in [5.41, 5.74) is 0. The van der Waals surface area contributed by atoms with Crippen LogP contribution in [0.1, 0.15) is 13.8 Å². The Morgan fingerprint density at radius 1 is 1.00 bits per heavy atom. The van der Waals surface area contributed by atoms with Crippen LogP contribution in [0.2, 0.25) is 0 Å². The first-order valence-electron chi connectivity index (χ1n) is 2.05. The first-order chi connectivity index (χ1) is 2.83. The standard InChI is InChI=1S/2C2H6O.BrH.Ti/c2*1-2-3;;/h2*3H,2H2,1H3;1H;. The van der Waals surface area contributed by atoms with E-state index in [-0.39, 0.29) is 51.9 Å². The summed E-state index contributed by atoms with van der Waals surface area (Å²) >= 11 is 0. The van der Waals surface area contributed by atoms with Crippen LogP contribution in [0, 0.1) is 0 Å². The molecular formula is C4H13BrO2Ti. The third kappa shape index (κ3) is 214. The molecule has 0 amide bonds. The van der Waals surface area contributed by atoms with Gasteiger partial charge < -0.3 is 10.2 Å². The summed E-state index contributed by atoms with van der Waals surface area (Å²) < 4.78 is 0. The smallest absolute Gasteiger partial charge is 0.0402 e. The zero-order valence-electron chi connectivity index (χ0n) is 5.22. The molecule has 0 saturated carbocycles. The Hall–Kier alpha value is 1.11. The summed E-state index contributed by atoms with van der Waals surface area (Å²) in [4.78, 5) is 0. The van der Waals surface area contributed by atoms with Crippen molar-refractivity contribution in [3.05, 3.63) is 0 Å². The van der Waals surface area contributed by atoms with Crippen molar-refractivity contribution >= 4 is 17.0 Å². The van der Waals surface area contributed by atoms with Crippen molar-refractivity contribution in [3.63, 3.8) is 0 Å². The summed E-state index contributed by atoms with van der Waals surface area (Å²) in [5.74, 6) is 0. The van der Waals surface area contributed by atoms with Crippen molar-refractivity contribution in [2.45, 2.75) is 13.8 Å². The molecule has 0 heterocycles. The average Bonchev–Trinajstić information content (AvgIpc) is 1.39. The molecule has 0 aliphatic heterocycles. The van der Waals surface area contributed by atoms with E-state index in [0.29, 0.717) is 0 Å². The fraction of sp³-hybridized carbons (Fsp3) is 1.00. The maximum atomic E-state index is 7.57. The predicted octanol–water partition coefficient (Wildman–Crippen LogP) is 0.573. The van der Waals surface area contributed by atoms with E-state index in [2.05, 4.69) is 0 Å². The average molecular weight is 221 g/mol. The van der Waals surface area contributed by atoms with E-state index in [1.807, 2.05) is 0 Å². The van der Waals surface area contributed by atoms with Gasteiger partial charge in [-0.2, -0.15) is 0 Å². The minimum Gasteiger partial charge on any atom is -0.397 e. The van der Waals surface area contributed by atoms with Crippen LogP contribution in [0.25, 0.3) is 0 Å². The van der Waals surface area contributed by atoms with Gasteiger partial charge in [-0.15, -0.1) is 17.0 Å². The van der Waals surface area contributed by atoms with Crippen LogP contribution in [0.15, 0.2) is 0 Å². The van der Waals surface area contributed by atoms with E-state index >= 15 is 0 Å². The Balaban J connectivity index is -0.0000000160. The van der Waals surface area contributed by atoms with Gasteiger partial charge in [-0.1, -0.05) is 0 Å². The molecule has 0 aromatic heterocycles. The third-order valence-corrected chi connectivity index (χ3v) is 0. The van der Waals surface area contributed by atoms with Crippen molar-refractivity contribution in [3.8, 4) is 0 Å². The second kappa shape index (κ2) is 42.3. The number of rotatable bonds is 0. The topological polar surface area (TPSA) is 40.5 Å². The van der Waals surface area contributed by atoms with Gasteiger partial charge in [0.1, 0.15) is 0 Å². The van der Waals surface area contributed by atoms with Gasteiger partial charge in [0.05, 0.1) is 0 Å². The summed E-state index contributed by atoms with van der Waals surface area (Å²) in [6.45, 7) is 3.86. The second-order valence-electron chi connectivity index (χ2n) is 0.632. The number of aliphatic hydroxyl groups excluding tert-OH is 2. The van der Waals surface area contributed by atoms with Crippen LogP contribution >= 0.6 is 17.0 Å². The number of hydrogen-bond acceptors (Lipinski definition) is 2. The molecule has 0 unspecified atom stereocenters. The summed E-state index contributed by atoms with van der Waals surface area (Å²) in [7, 11) is 0. The van der Waals surface area contributed by atoms with Gasteiger partial charge in [0.25, 0.3) is 0 Å². The molecule has 0 aliphatic rings. The zero-order valence-corrected chi connectivity index (χ0v) is 8.49. The Labute approximate surface area is 75.9 Å². The van der Waals surface area contributed by atoms with Gasteiger partial charge in [0.15, 0.2) is 0 Å². The van der Waals surface area contributed by atoms with E-state index in [1.54, 1.807) is 13.8 Å². The van der Waals surface area contributed by atoms with Crippen LogP contribution in [0.5, 0.6) is 0 Å². The molecule has 0 fully saturated rings. The summed E-state index contributed by atoms with van der Waals surface area (Å²) in [6.07, 6.45) is 0. The van der Waals surface area contributed by atoms with Crippen LogP contribution in [0.4, 0.5) is 0 Å². The molecule has 4 heteroatoms. The van der Waals surface area contributed by atoms with Crippen LogP contribution in [-0.2, 0) is 21.7 Å². The number of hydrogen-bond donors (Lipinski definition) is 2. The number of aliphatic hydroxyl groups is 2. The van der Waals surface area contributed by atoms with Crippen LogP contribution in [0.3, 0.4) is 0 Å². The minimum absolute atomic E-state index is 0. The zero-order chi connectivity index (χ0) is 5.41. The van der Waals surface area contributed by atoms with Gasteiger partial charge in [0, 0.05) is 34.9 Å². The normalized spacial score (nSPS) is 4.50. The van der Waals surface area contributed by atoms with Gasteiger partial charge in [-0.3, -0.25) is 0 Å². The van der Waals surface area contributed by atoms with Crippen molar-refractivity contribution in [2.24, 2.45) is 0 Å². The summed E-state index contributed by atoms with van der Waals surface area (Å²) in [6, 6.07) is 0. The molecule has 52 valence electrons. The van der Waals surface area contributed by atoms with E-state index in [9.17, 15) is 0 Å². The first-order valence-corrected chi connectivity index (χ1v) is 2.05. The summed E-state index contributed by atoms with van der Waals surface area (Å²) in [5, 5.41) is 15.1. The van der Waals surface area contributed by atoms with Gasteiger partial charge in [-0.05, 0) is 13.8 Å². The molecule has 0 spiro atoms. The largest absolute Gasteiger partial charge is 0.397 e. The Morgan fingerprint density at radius 2 is 1.00 bits per heavy atom. The van der Waals surface area contributed by atoms with Crippen molar-refractivity contribution in [1.82, 2.24) is 0 Å². The molecule has 2 nitrogen and oxygen atoms in total. The monoisotopic (exact) mass is 220 g/mol. The predicted molar refractivity (Wildman–Crippen MR) is 35.8 cm³/mol. The molecule has 0 aromatic carbocycles. The second-order valence-corrected chi connectivity index (χ2v) is 0.632. The Bertz CT molecular complexity index is 16.0. The maximum Gasteiger partial charge on any atom is 0.0402 e. The van der Waals surface area contributed by atoms with Crippen molar-refractivity contribution in [1.29, 1.82) is 0 Å². The fourth-order valence-corrected chi connectivity index (χ4v) is 0. The van der Waals surface area contributed by atoms with Gasteiger partial charge in [0.2, 0.25) is 0 Å². The first kappa shape index (κ1) is 22.9. The Kier molecular flexibility index (Phi) is 121. The molecule has 0 aromatic rings. The molecule has 0 bridgehead atoms. The maximum absolute atomic E-state index is 7.57. The van der Waals surface area contributed by atoms with Crippen LogP contribution in [-0.4, -0.2) is 23.4 Å². The van der Waals surface area contributed by atoms with Crippen LogP contribution < -0.4 is 0 Å². The molecule has 8 heavy (non-hydrogen) atoms. The van der Waals surface area contributed by atoms with Crippen molar-refractivity contribution in [2.75, 3.05) is 13.2 Å². The number of halogens is 1. The van der Waals surface area contributed by atoms with Crippen molar-refractivity contribution < 1.29 is 31.9 Å². The molecule has 0 rings (SSSR count). The van der Waals surface area contributed by atoms with E-state index in [4.69, 9.17) is 10.2 Å². The van der Waals surface area contributed by atoms with E-state index in [0.717, 1.165) is 0 Å². The van der Waals surface area contributed by atoms with Gasteiger partial charge in [-0.25, -0.2) is 0 Å². The van der Waals surface area contributed by atoms with Gasteiger partial charge >= 0.3 is 0 Å². The molecule has 0 aliphatic carbocycles. The third-order valence-electron chi connectivity index (χ3n) is 0. The molecule has 0 atom stereocenters. The molecule has 2 N–H and O–H groups in total. The fourth-order valence-electron chi connectivity index (χ4n) is 0. The van der Waals surface area contributed by atoms with E-state index < -0.39 is 0 Å². The minimum atomic E-state index is 0. The molecule has 0 saturated heterocycles. The van der Waals surface area contributed by atoms with E-state index in [1.165, 1.54) is 0 Å². The SMILES string of the molecule is Br.CCO.CCO.[Ti].